The van der Waals surface area contributed by atoms with Gasteiger partial charge < -0.3 is 15.4 Å². The van der Waals surface area contributed by atoms with Gasteiger partial charge in [-0.1, -0.05) is 54.6 Å². The predicted molar refractivity (Wildman–Crippen MR) is 107 cm³/mol. The largest absolute Gasteiger partial charge is 0.457 e. The fraction of sp³-hybridized carbons (Fsp3) is 0.0435. The van der Waals surface area contributed by atoms with Crippen molar-refractivity contribution in [1.82, 2.24) is 0 Å². The Hall–Kier alpha value is -3.46. The van der Waals surface area contributed by atoms with Crippen LogP contribution in [0.2, 0.25) is 0 Å². The Morgan fingerprint density at radius 3 is 2.00 bits per heavy atom. The summed E-state index contributed by atoms with van der Waals surface area (Å²) in [4.78, 5) is 0. The molecule has 1 aliphatic rings. The van der Waals surface area contributed by atoms with Gasteiger partial charge in [0, 0.05) is 16.8 Å². The van der Waals surface area contributed by atoms with Gasteiger partial charge >= 0.3 is 0 Å². The standard InChI is InChI=1S/C23H18N2O/c1-2-10-18(11-3-1)26-19-12-4-9-17(15-19)23-24-20-13-5-7-16-8-6-14-21(25-23)22(16)20/h1-15,23-25H. The van der Waals surface area contributed by atoms with Gasteiger partial charge in [0.15, 0.2) is 0 Å². The van der Waals surface area contributed by atoms with Gasteiger partial charge in [-0.2, -0.15) is 0 Å². The molecule has 5 rings (SSSR count). The van der Waals surface area contributed by atoms with E-state index in [0.717, 1.165) is 28.4 Å². The van der Waals surface area contributed by atoms with E-state index in [1.165, 1.54) is 10.8 Å². The molecule has 0 fully saturated rings. The lowest BCUT2D eigenvalue weighted by atomic mass is 10.0. The minimum atomic E-state index is -0.00479. The first kappa shape index (κ1) is 14.8. The van der Waals surface area contributed by atoms with Crippen molar-refractivity contribution in [3.05, 3.63) is 96.6 Å². The normalized spacial score (nSPS) is 13.1. The van der Waals surface area contributed by atoms with Crippen molar-refractivity contribution >= 4 is 22.1 Å². The average molecular weight is 338 g/mol. The van der Waals surface area contributed by atoms with Crippen molar-refractivity contribution in [3.8, 4) is 11.5 Å². The molecule has 1 heterocycles. The van der Waals surface area contributed by atoms with Crippen LogP contribution in [0.25, 0.3) is 10.8 Å². The van der Waals surface area contributed by atoms with E-state index < -0.39 is 0 Å². The molecule has 4 aromatic rings. The summed E-state index contributed by atoms with van der Waals surface area (Å²) < 4.78 is 5.98. The molecule has 0 saturated heterocycles. The molecule has 0 unspecified atom stereocenters. The van der Waals surface area contributed by atoms with Crippen LogP contribution in [-0.4, -0.2) is 0 Å². The Balaban J connectivity index is 1.47. The lowest BCUT2D eigenvalue weighted by molar-refractivity contribution is 0.481. The van der Waals surface area contributed by atoms with Gasteiger partial charge in [-0.05, 0) is 47.3 Å². The average Bonchev–Trinajstić information content (AvgIpc) is 2.69. The maximum Gasteiger partial charge on any atom is 0.127 e. The molecular weight excluding hydrogens is 320 g/mol. The van der Waals surface area contributed by atoms with Crippen molar-refractivity contribution in [2.45, 2.75) is 6.17 Å². The van der Waals surface area contributed by atoms with E-state index in [9.17, 15) is 0 Å². The van der Waals surface area contributed by atoms with Gasteiger partial charge in [0.2, 0.25) is 0 Å². The first-order valence-corrected chi connectivity index (χ1v) is 8.74. The summed E-state index contributed by atoms with van der Waals surface area (Å²) >= 11 is 0. The number of para-hydroxylation sites is 1. The van der Waals surface area contributed by atoms with Gasteiger partial charge in [0.25, 0.3) is 0 Å². The number of ether oxygens (including phenoxy) is 1. The fourth-order valence-corrected chi connectivity index (χ4v) is 3.48. The van der Waals surface area contributed by atoms with Gasteiger partial charge in [0.1, 0.15) is 17.7 Å². The highest BCUT2D eigenvalue weighted by atomic mass is 16.5. The van der Waals surface area contributed by atoms with Crippen LogP contribution < -0.4 is 15.4 Å². The second kappa shape index (κ2) is 6.12. The van der Waals surface area contributed by atoms with Crippen LogP contribution in [0.1, 0.15) is 11.7 Å². The molecule has 0 atom stereocenters. The third-order valence-corrected chi connectivity index (χ3v) is 4.67. The van der Waals surface area contributed by atoms with Crippen LogP contribution in [0, 0.1) is 0 Å². The zero-order valence-electron chi connectivity index (χ0n) is 14.1. The summed E-state index contributed by atoms with van der Waals surface area (Å²) in [5.41, 5.74) is 3.43. The Labute approximate surface area is 152 Å². The molecule has 4 aromatic carbocycles. The molecule has 0 bridgehead atoms. The molecule has 0 amide bonds. The second-order valence-corrected chi connectivity index (χ2v) is 6.42. The maximum atomic E-state index is 5.98. The Kier molecular flexibility index (Phi) is 3.49. The molecule has 0 saturated carbocycles. The molecule has 26 heavy (non-hydrogen) atoms. The Bertz CT molecular complexity index is 1030. The monoisotopic (exact) mass is 338 g/mol. The van der Waals surface area contributed by atoms with Crippen molar-refractivity contribution in [2.75, 3.05) is 10.6 Å². The number of nitrogens with one attached hydrogen (secondary N) is 2. The van der Waals surface area contributed by atoms with Crippen molar-refractivity contribution < 1.29 is 4.74 Å². The van der Waals surface area contributed by atoms with Gasteiger partial charge in [0.05, 0.1) is 0 Å². The molecule has 0 aromatic heterocycles. The smallest absolute Gasteiger partial charge is 0.127 e. The summed E-state index contributed by atoms with van der Waals surface area (Å²) in [6.45, 7) is 0. The minimum absolute atomic E-state index is 0.00479. The molecule has 0 aliphatic carbocycles. The Morgan fingerprint density at radius 2 is 1.27 bits per heavy atom. The lowest BCUT2D eigenvalue weighted by Crippen LogP contribution is -2.23. The summed E-state index contributed by atoms with van der Waals surface area (Å²) in [6, 6.07) is 30.8. The predicted octanol–water partition coefficient (Wildman–Crippen LogP) is 6.17. The second-order valence-electron chi connectivity index (χ2n) is 6.42. The van der Waals surface area contributed by atoms with Crippen LogP contribution in [0.15, 0.2) is 91.0 Å². The third kappa shape index (κ3) is 2.64. The van der Waals surface area contributed by atoms with Crippen LogP contribution in [0.5, 0.6) is 11.5 Å². The number of hydrogen-bond donors (Lipinski definition) is 2. The molecule has 3 nitrogen and oxygen atoms in total. The molecule has 1 aliphatic heterocycles. The fourth-order valence-electron chi connectivity index (χ4n) is 3.48. The lowest BCUT2D eigenvalue weighted by Gasteiger charge is -2.30. The first-order chi connectivity index (χ1) is 12.9. The summed E-state index contributed by atoms with van der Waals surface area (Å²) in [5, 5.41) is 9.68. The topological polar surface area (TPSA) is 33.3 Å². The van der Waals surface area contributed by atoms with E-state index in [1.807, 2.05) is 42.5 Å². The molecular formula is C23H18N2O. The molecule has 3 heteroatoms. The molecule has 0 radical (unpaired) electrons. The minimum Gasteiger partial charge on any atom is -0.457 e. The van der Waals surface area contributed by atoms with E-state index in [0.29, 0.717) is 0 Å². The zero-order valence-corrected chi connectivity index (χ0v) is 14.1. The summed E-state index contributed by atoms with van der Waals surface area (Å²) in [5.74, 6) is 1.67. The quantitative estimate of drug-likeness (QED) is 0.469. The SMILES string of the molecule is c1ccc(Oc2cccc(C3Nc4cccc5cccc(c45)N3)c2)cc1. The van der Waals surface area contributed by atoms with Crippen LogP contribution in [0.3, 0.4) is 0 Å². The zero-order chi connectivity index (χ0) is 17.3. The molecule has 2 N–H and O–H groups in total. The third-order valence-electron chi connectivity index (χ3n) is 4.67. The molecule has 126 valence electrons. The highest BCUT2D eigenvalue weighted by molar-refractivity contribution is 6.04. The first-order valence-electron chi connectivity index (χ1n) is 8.74. The number of anilines is 2. The molecule has 0 spiro atoms. The van der Waals surface area contributed by atoms with E-state index in [2.05, 4.69) is 59.2 Å². The van der Waals surface area contributed by atoms with E-state index in [-0.39, 0.29) is 6.17 Å². The number of rotatable bonds is 3. The summed E-state index contributed by atoms with van der Waals surface area (Å²) in [6.07, 6.45) is -0.00479. The van der Waals surface area contributed by atoms with Gasteiger partial charge in [-0.3, -0.25) is 0 Å². The highest BCUT2D eigenvalue weighted by Crippen LogP contribution is 2.38. The van der Waals surface area contributed by atoms with E-state index in [1.54, 1.807) is 0 Å². The maximum absolute atomic E-state index is 5.98. The van der Waals surface area contributed by atoms with Crippen LogP contribution >= 0.6 is 0 Å². The number of benzene rings is 4. The summed E-state index contributed by atoms with van der Waals surface area (Å²) in [7, 11) is 0. The van der Waals surface area contributed by atoms with Crippen LogP contribution in [-0.2, 0) is 0 Å². The van der Waals surface area contributed by atoms with Gasteiger partial charge in [-0.25, -0.2) is 0 Å². The van der Waals surface area contributed by atoms with Gasteiger partial charge in [-0.15, -0.1) is 0 Å². The Morgan fingerprint density at radius 1 is 0.615 bits per heavy atom. The van der Waals surface area contributed by atoms with Crippen LogP contribution in [0.4, 0.5) is 11.4 Å². The number of hydrogen-bond acceptors (Lipinski definition) is 3. The van der Waals surface area contributed by atoms with E-state index in [4.69, 9.17) is 4.74 Å². The highest BCUT2D eigenvalue weighted by Gasteiger charge is 2.20. The van der Waals surface area contributed by atoms with Crippen molar-refractivity contribution in [1.29, 1.82) is 0 Å². The van der Waals surface area contributed by atoms with Crippen molar-refractivity contribution in [3.63, 3.8) is 0 Å². The van der Waals surface area contributed by atoms with E-state index >= 15 is 0 Å². The van der Waals surface area contributed by atoms with Crippen molar-refractivity contribution in [2.24, 2.45) is 0 Å².